The van der Waals surface area contributed by atoms with Gasteiger partial charge in [-0.3, -0.25) is 0 Å². The van der Waals surface area contributed by atoms with E-state index in [4.69, 9.17) is 4.74 Å². The number of ether oxygens (including phenoxy) is 1. The van der Waals surface area contributed by atoms with Crippen molar-refractivity contribution in [2.45, 2.75) is 71.4 Å². The average Bonchev–Trinajstić information content (AvgIpc) is 2.77. The number of hydrogen-bond donors (Lipinski definition) is 3. The lowest BCUT2D eigenvalue weighted by Gasteiger charge is -2.20. The third-order valence-electron chi connectivity index (χ3n) is 5.59. The Hall–Kier alpha value is -2.14. The maximum Gasteiger partial charge on any atom is 0.120 e. The molecule has 158 valence electrons. The summed E-state index contributed by atoms with van der Waals surface area (Å²) in [6, 6.07) is 13.7. The van der Waals surface area contributed by atoms with E-state index in [1.807, 2.05) is 50.3 Å². The second-order valence-corrected chi connectivity index (χ2v) is 7.63. The Morgan fingerprint density at radius 1 is 1.00 bits per heavy atom. The number of rotatable bonds is 11. The van der Waals surface area contributed by atoms with Crippen LogP contribution in [0.2, 0.25) is 0 Å². The van der Waals surface area contributed by atoms with E-state index in [9.17, 15) is 15.3 Å². The molecule has 2 aromatic carbocycles. The van der Waals surface area contributed by atoms with Gasteiger partial charge in [0.15, 0.2) is 0 Å². The third-order valence-corrected chi connectivity index (χ3v) is 5.59. The molecule has 2 aromatic rings. The van der Waals surface area contributed by atoms with Crippen molar-refractivity contribution in [3.8, 4) is 5.75 Å². The van der Waals surface area contributed by atoms with Crippen molar-refractivity contribution in [2.75, 3.05) is 0 Å². The lowest BCUT2D eigenvalue weighted by Crippen LogP contribution is -2.22. The average molecular weight is 399 g/mol. The molecule has 1 atom stereocenters. The van der Waals surface area contributed by atoms with E-state index in [0.29, 0.717) is 12.5 Å². The van der Waals surface area contributed by atoms with Gasteiger partial charge in [0, 0.05) is 0 Å². The van der Waals surface area contributed by atoms with Crippen LogP contribution >= 0.6 is 0 Å². The zero-order valence-electron chi connectivity index (χ0n) is 17.8. The minimum atomic E-state index is -0.705. The van der Waals surface area contributed by atoms with E-state index in [2.05, 4.69) is 25.1 Å². The van der Waals surface area contributed by atoms with E-state index < -0.39 is 5.60 Å². The van der Waals surface area contributed by atoms with E-state index in [-0.39, 0.29) is 13.2 Å². The first-order valence-corrected chi connectivity index (χ1v) is 10.4. The van der Waals surface area contributed by atoms with Crippen LogP contribution in [0.4, 0.5) is 0 Å². The molecular weight excluding hydrogens is 364 g/mol. The summed E-state index contributed by atoms with van der Waals surface area (Å²) >= 11 is 0. The molecule has 3 N–H and O–H groups in total. The van der Waals surface area contributed by atoms with Crippen LogP contribution in [0, 0.1) is 0 Å². The van der Waals surface area contributed by atoms with Crippen molar-refractivity contribution in [1.82, 2.24) is 0 Å². The summed E-state index contributed by atoms with van der Waals surface area (Å²) in [5.41, 5.74) is 2.89. The summed E-state index contributed by atoms with van der Waals surface area (Å²) < 4.78 is 5.95. The third kappa shape index (κ3) is 6.70. The SMILES string of the molecule is CCC(O)(C=CCC(C)c1cccc(OCc2ccc(CO)c(CO)c2)c1)CC. The zero-order valence-corrected chi connectivity index (χ0v) is 17.8. The van der Waals surface area contributed by atoms with Crippen molar-refractivity contribution >= 4 is 0 Å². The van der Waals surface area contributed by atoms with Crippen LogP contribution in [0.1, 0.15) is 68.2 Å². The van der Waals surface area contributed by atoms with Crippen LogP contribution in [0.3, 0.4) is 0 Å². The first-order chi connectivity index (χ1) is 13.9. The predicted molar refractivity (Wildman–Crippen MR) is 117 cm³/mol. The second-order valence-electron chi connectivity index (χ2n) is 7.63. The summed E-state index contributed by atoms with van der Waals surface area (Å²) in [5, 5.41) is 29.1. The molecule has 29 heavy (non-hydrogen) atoms. The topological polar surface area (TPSA) is 69.9 Å². The fourth-order valence-corrected chi connectivity index (χ4v) is 3.26. The maximum atomic E-state index is 10.4. The molecule has 0 saturated carbocycles. The Labute approximate surface area is 174 Å². The van der Waals surface area contributed by atoms with Crippen molar-refractivity contribution in [1.29, 1.82) is 0 Å². The summed E-state index contributed by atoms with van der Waals surface area (Å²) in [4.78, 5) is 0. The second kappa shape index (κ2) is 11.1. The Morgan fingerprint density at radius 2 is 1.72 bits per heavy atom. The molecule has 0 spiro atoms. The van der Waals surface area contributed by atoms with Gasteiger partial charge in [0.25, 0.3) is 0 Å². The maximum absolute atomic E-state index is 10.4. The Morgan fingerprint density at radius 3 is 2.38 bits per heavy atom. The molecule has 1 unspecified atom stereocenters. The van der Waals surface area contributed by atoms with E-state index in [1.165, 1.54) is 5.56 Å². The largest absolute Gasteiger partial charge is 0.489 e. The molecule has 0 aromatic heterocycles. The Bertz CT molecular complexity index is 793. The summed E-state index contributed by atoms with van der Waals surface area (Å²) in [6.07, 6.45) is 6.29. The molecule has 4 nitrogen and oxygen atoms in total. The van der Waals surface area contributed by atoms with Gasteiger partial charge < -0.3 is 20.1 Å². The van der Waals surface area contributed by atoms with E-state index >= 15 is 0 Å². The Kier molecular flexibility index (Phi) is 8.90. The summed E-state index contributed by atoms with van der Waals surface area (Å²) in [5.74, 6) is 1.12. The smallest absolute Gasteiger partial charge is 0.120 e. The van der Waals surface area contributed by atoms with Gasteiger partial charge in [-0.15, -0.1) is 0 Å². The van der Waals surface area contributed by atoms with Crippen LogP contribution < -0.4 is 4.74 Å². The molecule has 0 aliphatic carbocycles. The molecule has 0 heterocycles. The molecule has 0 aliphatic rings. The van der Waals surface area contributed by atoms with Crippen LogP contribution in [-0.4, -0.2) is 20.9 Å². The van der Waals surface area contributed by atoms with Gasteiger partial charge in [-0.1, -0.05) is 57.2 Å². The number of hydrogen-bond acceptors (Lipinski definition) is 4. The lowest BCUT2D eigenvalue weighted by atomic mass is 9.93. The van der Waals surface area contributed by atoms with Crippen molar-refractivity contribution in [3.63, 3.8) is 0 Å². The molecular formula is C25H34O4. The minimum absolute atomic E-state index is 0.0840. The summed E-state index contributed by atoms with van der Waals surface area (Å²) in [7, 11) is 0. The van der Waals surface area contributed by atoms with Gasteiger partial charge in [-0.25, -0.2) is 0 Å². The van der Waals surface area contributed by atoms with Crippen LogP contribution in [-0.2, 0) is 19.8 Å². The highest BCUT2D eigenvalue weighted by Gasteiger charge is 2.17. The normalized spacial score (nSPS) is 13.0. The van der Waals surface area contributed by atoms with Gasteiger partial charge in [0.2, 0.25) is 0 Å². The molecule has 0 saturated heterocycles. The van der Waals surface area contributed by atoms with Gasteiger partial charge >= 0.3 is 0 Å². The zero-order chi connectivity index (χ0) is 21.3. The number of benzene rings is 2. The van der Waals surface area contributed by atoms with Gasteiger partial charge in [-0.05, 0) is 65.6 Å². The van der Waals surface area contributed by atoms with Gasteiger partial charge in [0.05, 0.1) is 18.8 Å². The van der Waals surface area contributed by atoms with Gasteiger partial charge in [-0.2, -0.15) is 0 Å². The molecule has 0 amide bonds. The quantitative estimate of drug-likeness (QED) is 0.473. The van der Waals surface area contributed by atoms with Crippen molar-refractivity contribution in [2.24, 2.45) is 0 Å². The monoisotopic (exact) mass is 398 g/mol. The molecule has 0 fully saturated rings. The summed E-state index contributed by atoms with van der Waals surface area (Å²) in [6.45, 7) is 6.38. The molecule has 4 heteroatoms. The number of aliphatic hydroxyl groups excluding tert-OH is 2. The van der Waals surface area contributed by atoms with Crippen LogP contribution in [0.15, 0.2) is 54.6 Å². The number of allylic oxidation sites excluding steroid dienone is 1. The molecule has 0 bridgehead atoms. The standard InChI is InChI=1S/C25H34O4/c1-4-25(28,5-2)13-7-8-19(3)21-9-6-10-24(15-21)29-18-20-11-12-22(16-26)23(14-20)17-27/h6-7,9-15,19,26-28H,4-5,8,16-18H2,1-3H3. The minimum Gasteiger partial charge on any atom is -0.489 e. The van der Waals surface area contributed by atoms with Crippen molar-refractivity contribution in [3.05, 3.63) is 76.9 Å². The lowest BCUT2D eigenvalue weighted by molar-refractivity contribution is 0.0825. The highest BCUT2D eigenvalue weighted by atomic mass is 16.5. The Balaban J connectivity index is 1.99. The molecule has 0 aliphatic heterocycles. The molecule has 2 rings (SSSR count). The fraction of sp³-hybridized carbons (Fsp3) is 0.440. The van der Waals surface area contributed by atoms with Crippen LogP contribution in [0.5, 0.6) is 5.75 Å². The van der Waals surface area contributed by atoms with E-state index in [1.54, 1.807) is 0 Å². The van der Waals surface area contributed by atoms with Gasteiger partial charge in [0.1, 0.15) is 12.4 Å². The van der Waals surface area contributed by atoms with Crippen LogP contribution in [0.25, 0.3) is 0 Å². The number of aliphatic hydroxyl groups is 3. The fourth-order valence-electron chi connectivity index (χ4n) is 3.26. The van der Waals surface area contributed by atoms with Crippen molar-refractivity contribution < 1.29 is 20.1 Å². The highest BCUT2D eigenvalue weighted by molar-refractivity contribution is 5.33. The van der Waals surface area contributed by atoms with E-state index in [0.717, 1.165) is 41.7 Å². The highest BCUT2D eigenvalue weighted by Crippen LogP contribution is 2.25. The first-order valence-electron chi connectivity index (χ1n) is 10.4. The first kappa shape index (κ1) is 23.1. The predicted octanol–water partition coefficient (Wildman–Crippen LogP) is 4.85. The molecule has 0 radical (unpaired) electrons.